The largest absolute Gasteiger partial charge is 0.369 e. The van der Waals surface area contributed by atoms with Crippen LogP contribution >= 0.6 is 0 Å². The van der Waals surface area contributed by atoms with Crippen LogP contribution in [-0.2, 0) is 6.54 Å². The summed E-state index contributed by atoms with van der Waals surface area (Å²) in [6.45, 7) is 5.48. The van der Waals surface area contributed by atoms with Gasteiger partial charge in [-0.05, 0) is 25.8 Å². The topological polar surface area (TPSA) is 64.2 Å². The minimum absolute atomic E-state index is 0.163. The lowest BCUT2D eigenvalue weighted by Gasteiger charge is -2.21. The van der Waals surface area contributed by atoms with E-state index in [4.69, 9.17) is 0 Å². The van der Waals surface area contributed by atoms with Gasteiger partial charge in [-0.1, -0.05) is 12.1 Å². The fourth-order valence-corrected chi connectivity index (χ4v) is 2.52. The number of aryl methyl sites for hydroxylation is 3. The van der Waals surface area contributed by atoms with E-state index in [-0.39, 0.29) is 10.6 Å². The molecule has 1 heterocycles. The highest BCUT2D eigenvalue weighted by atomic mass is 16.6. The number of nitro benzene ring substituents is 1. The van der Waals surface area contributed by atoms with Crippen LogP contribution in [-0.4, -0.2) is 28.1 Å². The Bertz CT molecular complexity index is 636. The smallest absolute Gasteiger partial charge is 0.292 e. The number of aromatic nitrogens is 2. The highest BCUT2D eigenvalue weighted by Gasteiger charge is 2.18. The van der Waals surface area contributed by atoms with E-state index in [1.165, 1.54) is 0 Å². The van der Waals surface area contributed by atoms with Crippen LogP contribution in [0.1, 0.15) is 17.8 Å². The Labute approximate surface area is 124 Å². The first-order valence-electron chi connectivity index (χ1n) is 6.93. The van der Waals surface area contributed by atoms with Gasteiger partial charge >= 0.3 is 0 Å². The van der Waals surface area contributed by atoms with Gasteiger partial charge in [0.2, 0.25) is 0 Å². The molecule has 0 spiro atoms. The standard InChI is InChI=1S/C15H20N4O2/c1-12-6-4-7-14(19(20)21)15(12)17(3)9-5-10-18-11-8-16-13(18)2/h4,6-8,11H,5,9-10H2,1-3H3. The zero-order chi connectivity index (χ0) is 15.4. The van der Waals surface area contributed by atoms with Crippen LogP contribution in [0.25, 0.3) is 0 Å². The summed E-state index contributed by atoms with van der Waals surface area (Å²) in [5.41, 5.74) is 1.78. The van der Waals surface area contributed by atoms with Crippen molar-refractivity contribution in [2.24, 2.45) is 0 Å². The summed E-state index contributed by atoms with van der Waals surface area (Å²) in [6, 6.07) is 5.18. The van der Waals surface area contributed by atoms with E-state index in [0.717, 1.165) is 30.9 Å². The summed E-state index contributed by atoms with van der Waals surface area (Å²) in [5, 5.41) is 11.2. The molecule has 0 saturated heterocycles. The van der Waals surface area contributed by atoms with Crippen LogP contribution in [0, 0.1) is 24.0 Å². The first kappa shape index (κ1) is 15.0. The van der Waals surface area contributed by atoms with Gasteiger partial charge in [0.1, 0.15) is 11.5 Å². The Hall–Kier alpha value is -2.37. The van der Waals surface area contributed by atoms with Gasteiger partial charge in [0.15, 0.2) is 0 Å². The Morgan fingerprint density at radius 2 is 2.14 bits per heavy atom. The maximum absolute atomic E-state index is 11.2. The molecule has 0 aliphatic rings. The van der Waals surface area contributed by atoms with Crippen molar-refractivity contribution >= 4 is 11.4 Å². The zero-order valence-electron chi connectivity index (χ0n) is 12.6. The van der Waals surface area contributed by atoms with E-state index in [2.05, 4.69) is 9.55 Å². The van der Waals surface area contributed by atoms with Gasteiger partial charge in [0, 0.05) is 38.6 Å². The highest BCUT2D eigenvalue weighted by Crippen LogP contribution is 2.30. The summed E-state index contributed by atoms with van der Waals surface area (Å²) in [5.74, 6) is 0.986. The summed E-state index contributed by atoms with van der Waals surface area (Å²) >= 11 is 0. The summed E-state index contributed by atoms with van der Waals surface area (Å²) in [4.78, 5) is 17.0. The second-order valence-corrected chi connectivity index (χ2v) is 5.14. The quantitative estimate of drug-likeness (QED) is 0.605. The van der Waals surface area contributed by atoms with Gasteiger partial charge in [0.05, 0.1) is 4.92 Å². The van der Waals surface area contributed by atoms with Gasteiger partial charge < -0.3 is 9.47 Å². The molecule has 0 aliphatic carbocycles. The molecule has 6 heteroatoms. The lowest BCUT2D eigenvalue weighted by molar-refractivity contribution is -0.384. The zero-order valence-corrected chi connectivity index (χ0v) is 12.6. The van der Waals surface area contributed by atoms with Crippen LogP contribution < -0.4 is 4.90 Å². The second-order valence-electron chi connectivity index (χ2n) is 5.14. The van der Waals surface area contributed by atoms with E-state index in [0.29, 0.717) is 5.69 Å². The van der Waals surface area contributed by atoms with Gasteiger partial charge in [-0.15, -0.1) is 0 Å². The number of nitrogens with zero attached hydrogens (tertiary/aromatic N) is 4. The minimum Gasteiger partial charge on any atom is -0.369 e. The predicted molar refractivity (Wildman–Crippen MR) is 82.7 cm³/mol. The molecule has 0 unspecified atom stereocenters. The molecule has 0 radical (unpaired) electrons. The van der Waals surface area contributed by atoms with E-state index in [9.17, 15) is 10.1 Å². The normalized spacial score (nSPS) is 10.6. The van der Waals surface area contributed by atoms with Crippen molar-refractivity contribution in [3.63, 3.8) is 0 Å². The van der Waals surface area contributed by atoms with Crippen molar-refractivity contribution in [1.82, 2.24) is 9.55 Å². The van der Waals surface area contributed by atoms with Crippen molar-refractivity contribution in [1.29, 1.82) is 0 Å². The summed E-state index contributed by atoms with van der Waals surface area (Å²) in [6.07, 6.45) is 4.63. The molecule has 0 amide bonds. The van der Waals surface area contributed by atoms with E-state index in [1.807, 2.05) is 38.1 Å². The van der Waals surface area contributed by atoms with Gasteiger partial charge in [0.25, 0.3) is 5.69 Å². The number of anilines is 1. The molecule has 1 aromatic heterocycles. The average molecular weight is 288 g/mol. The minimum atomic E-state index is -0.321. The van der Waals surface area contributed by atoms with Crippen molar-refractivity contribution in [2.75, 3.05) is 18.5 Å². The van der Waals surface area contributed by atoms with Crippen LogP contribution in [0.5, 0.6) is 0 Å². The summed E-state index contributed by atoms with van der Waals surface area (Å²) in [7, 11) is 1.90. The predicted octanol–water partition coefficient (Wildman–Crippen LogP) is 2.93. The molecule has 0 aliphatic heterocycles. The van der Waals surface area contributed by atoms with Crippen LogP contribution in [0.3, 0.4) is 0 Å². The molecule has 21 heavy (non-hydrogen) atoms. The number of para-hydroxylation sites is 1. The molecule has 2 aromatic rings. The van der Waals surface area contributed by atoms with Crippen molar-refractivity contribution < 1.29 is 4.92 Å². The third-order valence-corrected chi connectivity index (χ3v) is 3.61. The third kappa shape index (κ3) is 3.39. The number of nitro groups is 1. The first-order chi connectivity index (χ1) is 10.0. The van der Waals surface area contributed by atoms with Crippen LogP contribution in [0.4, 0.5) is 11.4 Å². The average Bonchev–Trinajstić information content (AvgIpc) is 2.84. The number of imidazole rings is 1. The third-order valence-electron chi connectivity index (χ3n) is 3.61. The Morgan fingerprint density at radius 1 is 1.38 bits per heavy atom. The Kier molecular flexibility index (Phi) is 4.57. The Balaban J connectivity index is 2.05. The lowest BCUT2D eigenvalue weighted by atomic mass is 10.1. The molecule has 6 nitrogen and oxygen atoms in total. The maximum atomic E-state index is 11.2. The SMILES string of the molecule is Cc1cccc([N+](=O)[O-])c1N(C)CCCn1ccnc1C. The van der Waals surface area contributed by atoms with Crippen LogP contribution in [0.15, 0.2) is 30.6 Å². The van der Waals surface area contributed by atoms with E-state index >= 15 is 0 Å². The monoisotopic (exact) mass is 288 g/mol. The van der Waals surface area contributed by atoms with Gasteiger partial charge in [-0.25, -0.2) is 4.98 Å². The number of rotatable bonds is 6. The van der Waals surface area contributed by atoms with E-state index < -0.39 is 0 Å². The van der Waals surface area contributed by atoms with Gasteiger partial charge in [-0.2, -0.15) is 0 Å². The molecular formula is C15H20N4O2. The number of hydrogen-bond acceptors (Lipinski definition) is 4. The number of benzene rings is 1. The molecule has 112 valence electrons. The lowest BCUT2D eigenvalue weighted by Crippen LogP contribution is -2.22. The van der Waals surface area contributed by atoms with Crippen molar-refractivity contribution in [3.05, 3.63) is 52.1 Å². The fourth-order valence-electron chi connectivity index (χ4n) is 2.52. The number of hydrogen-bond donors (Lipinski definition) is 0. The molecule has 0 N–H and O–H groups in total. The van der Waals surface area contributed by atoms with E-state index in [1.54, 1.807) is 18.3 Å². The summed E-state index contributed by atoms with van der Waals surface area (Å²) < 4.78 is 2.08. The molecule has 1 aromatic carbocycles. The van der Waals surface area contributed by atoms with Crippen molar-refractivity contribution in [3.8, 4) is 0 Å². The maximum Gasteiger partial charge on any atom is 0.292 e. The molecule has 2 rings (SSSR count). The second kappa shape index (κ2) is 6.39. The van der Waals surface area contributed by atoms with Gasteiger partial charge in [-0.3, -0.25) is 10.1 Å². The first-order valence-corrected chi connectivity index (χ1v) is 6.93. The van der Waals surface area contributed by atoms with Crippen molar-refractivity contribution in [2.45, 2.75) is 26.8 Å². The molecular weight excluding hydrogens is 268 g/mol. The molecule has 0 bridgehead atoms. The highest BCUT2D eigenvalue weighted by molar-refractivity contribution is 5.67. The molecule has 0 atom stereocenters. The fraction of sp³-hybridized carbons (Fsp3) is 0.400. The molecule has 0 fully saturated rings. The molecule has 0 saturated carbocycles. The van der Waals surface area contributed by atoms with Crippen LogP contribution in [0.2, 0.25) is 0 Å². The Morgan fingerprint density at radius 3 is 2.76 bits per heavy atom.